The fourth-order valence-corrected chi connectivity index (χ4v) is 5.22. The van der Waals surface area contributed by atoms with Gasteiger partial charge in [0.15, 0.2) is 11.6 Å². The third-order valence-electron chi connectivity index (χ3n) is 7.75. The molecule has 0 amide bonds. The van der Waals surface area contributed by atoms with Crippen molar-refractivity contribution in [2.24, 2.45) is 0 Å². The van der Waals surface area contributed by atoms with E-state index in [2.05, 4.69) is 40.8 Å². The van der Waals surface area contributed by atoms with Crippen molar-refractivity contribution in [2.75, 3.05) is 10.6 Å². The molecule has 6 rings (SSSR count). The molecular weight excluding hydrogens is 648 g/mol. The van der Waals surface area contributed by atoms with Crippen LogP contribution in [0, 0.1) is 6.92 Å². The van der Waals surface area contributed by atoms with E-state index in [0.717, 1.165) is 16.7 Å². The van der Waals surface area contributed by atoms with Crippen LogP contribution in [0.2, 0.25) is 0 Å². The van der Waals surface area contributed by atoms with E-state index in [9.17, 15) is 19.2 Å². The molecule has 0 bridgehead atoms. The molecule has 0 saturated carbocycles. The predicted octanol–water partition coefficient (Wildman–Crippen LogP) is 5.64. The van der Waals surface area contributed by atoms with Crippen molar-refractivity contribution in [1.82, 2.24) is 39.5 Å². The van der Waals surface area contributed by atoms with Gasteiger partial charge in [0, 0.05) is 61.4 Å². The van der Waals surface area contributed by atoms with E-state index in [1.807, 2.05) is 26.8 Å². The van der Waals surface area contributed by atoms with Gasteiger partial charge in [0.25, 0.3) is 11.1 Å². The van der Waals surface area contributed by atoms with E-state index in [4.69, 9.17) is 0 Å². The van der Waals surface area contributed by atoms with Gasteiger partial charge in [-0.3, -0.25) is 39.1 Å². The predicted molar refractivity (Wildman–Crippen MR) is 195 cm³/mol. The van der Waals surface area contributed by atoms with Crippen molar-refractivity contribution in [2.45, 2.75) is 47.7 Å². The molecule has 14 heteroatoms. The van der Waals surface area contributed by atoms with Crippen molar-refractivity contribution >= 4 is 34.3 Å². The number of hydrogen-bond acceptors (Lipinski definition) is 12. The molecule has 0 atom stereocenters. The third kappa shape index (κ3) is 7.96. The molecule has 51 heavy (non-hydrogen) atoms. The topological polar surface area (TPSA) is 180 Å². The van der Waals surface area contributed by atoms with Crippen LogP contribution >= 0.6 is 0 Å². The maximum Gasteiger partial charge on any atom is 0.291 e. The van der Waals surface area contributed by atoms with Gasteiger partial charge >= 0.3 is 0 Å². The van der Waals surface area contributed by atoms with Crippen LogP contribution in [0.25, 0.3) is 22.5 Å². The lowest BCUT2D eigenvalue weighted by molar-refractivity contribution is 0.101. The number of Topliss-reactive ketones (excluding diaryl/α,β-unsaturated/α-hetero) is 2. The fraction of sp³-hybridized carbons (Fsp3) is 0.189. The summed E-state index contributed by atoms with van der Waals surface area (Å²) in [5.41, 5.74) is 4.76. The molecule has 2 N–H and O–H groups in total. The number of nitrogens with zero attached hydrogens (tertiary/aromatic N) is 8. The largest absolute Gasteiger partial charge is 0.349 e. The van der Waals surface area contributed by atoms with E-state index in [-0.39, 0.29) is 45.2 Å². The number of aromatic nitrogens is 8. The van der Waals surface area contributed by atoms with Gasteiger partial charge in [0.2, 0.25) is 0 Å². The smallest absolute Gasteiger partial charge is 0.291 e. The second kappa shape index (κ2) is 16.1. The first-order valence-corrected chi connectivity index (χ1v) is 16.1. The SMILES string of the molecule is CCn1nc(-c2ccncc2)c(C(C)=O)c(Nc2cccnc2)c1=O.CCn1nc(-c2ccncc2)c(C(C)=O)c(Nc2cnccc2C)c1=O. The van der Waals surface area contributed by atoms with E-state index in [0.29, 0.717) is 35.9 Å². The zero-order valence-corrected chi connectivity index (χ0v) is 28.8. The number of aryl methyl sites for hydroxylation is 3. The van der Waals surface area contributed by atoms with E-state index in [1.165, 1.54) is 23.2 Å². The van der Waals surface area contributed by atoms with Gasteiger partial charge in [0.1, 0.15) is 22.8 Å². The number of carbonyl (C=O) groups is 2. The van der Waals surface area contributed by atoms with E-state index in [1.54, 1.807) is 86.0 Å². The standard InChI is InChI=1S/C19H19N5O2.C18H17N5O2/c1-4-24-19(26)18(22-15-11-21-8-5-12(15)2)16(13(3)25)17(23-24)14-6-9-20-10-7-14;1-3-23-18(25)17(21-14-5-4-8-20-11-14)15(12(2)24)16(22-23)13-6-9-19-10-7-13/h5-11,22H,4H2,1-3H3;4-11,21H,3H2,1-2H3. The Morgan fingerprint density at radius 1 is 0.627 bits per heavy atom. The van der Waals surface area contributed by atoms with Crippen LogP contribution in [0.5, 0.6) is 0 Å². The Hall–Kier alpha value is -6.70. The van der Waals surface area contributed by atoms with Gasteiger partial charge in [-0.25, -0.2) is 9.36 Å². The summed E-state index contributed by atoms with van der Waals surface area (Å²) in [6.07, 6.45) is 13.0. The molecule has 0 aliphatic heterocycles. The van der Waals surface area contributed by atoms with E-state index < -0.39 is 0 Å². The summed E-state index contributed by atoms with van der Waals surface area (Å²) in [6, 6.07) is 12.4. The highest BCUT2D eigenvalue weighted by Crippen LogP contribution is 2.29. The van der Waals surface area contributed by atoms with Crippen molar-refractivity contribution in [1.29, 1.82) is 0 Å². The van der Waals surface area contributed by atoms with Gasteiger partial charge in [-0.05, 0) is 82.6 Å². The van der Waals surface area contributed by atoms with Gasteiger partial charge in [-0.2, -0.15) is 10.2 Å². The maximum atomic E-state index is 12.9. The number of hydrogen-bond donors (Lipinski definition) is 2. The van der Waals surface area contributed by atoms with Gasteiger partial charge in [-0.1, -0.05) is 0 Å². The minimum Gasteiger partial charge on any atom is -0.349 e. The minimum absolute atomic E-state index is 0.198. The van der Waals surface area contributed by atoms with Crippen LogP contribution in [0.4, 0.5) is 22.7 Å². The first-order valence-electron chi connectivity index (χ1n) is 16.1. The number of carbonyl (C=O) groups excluding carboxylic acids is 2. The third-order valence-corrected chi connectivity index (χ3v) is 7.75. The number of ketones is 2. The molecule has 0 aliphatic carbocycles. The highest BCUT2D eigenvalue weighted by Gasteiger charge is 2.23. The molecule has 0 aliphatic rings. The molecule has 6 aromatic rings. The first kappa shape index (κ1) is 35.6. The van der Waals surface area contributed by atoms with Crippen LogP contribution < -0.4 is 21.8 Å². The average Bonchev–Trinajstić information content (AvgIpc) is 3.15. The summed E-state index contributed by atoms with van der Waals surface area (Å²) >= 11 is 0. The molecule has 6 aromatic heterocycles. The van der Waals surface area contributed by atoms with Crippen LogP contribution in [0.15, 0.2) is 102 Å². The lowest BCUT2D eigenvalue weighted by atomic mass is 10.0. The Morgan fingerprint density at radius 3 is 1.53 bits per heavy atom. The molecule has 6 heterocycles. The van der Waals surface area contributed by atoms with Gasteiger partial charge < -0.3 is 10.6 Å². The van der Waals surface area contributed by atoms with Gasteiger partial charge in [0.05, 0.1) is 34.9 Å². The van der Waals surface area contributed by atoms with Crippen molar-refractivity contribution in [3.63, 3.8) is 0 Å². The number of pyridine rings is 4. The summed E-state index contributed by atoms with van der Waals surface area (Å²) in [5.74, 6) is -0.486. The molecule has 0 saturated heterocycles. The summed E-state index contributed by atoms with van der Waals surface area (Å²) in [5, 5.41) is 14.9. The van der Waals surface area contributed by atoms with Crippen molar-refractivity contribution in [3.05, 3.63) is 129 Å². The normalized spacial score (nSPS) is 10.5. The molecule has 14 nitrogen and oxygen atoms in total. The summed E-state index contributed by atoms with van der Waals surface area (Å²) in [7, 11) is 0. The second-order valence-corrected chi connectivity index (χ2v) is 11.2. The lowest BCUT2D eigenvalue weighted by Crippen LogP contribution is -2.28. The van der Waals surface area contributed by atoms with Gasteiger partial charge in [-0.15, -0.1) is 0 Å². The van der Waals surface area contributed by atoms with E-state index >= 15 is 0 Å². The lowest BCUT2D eigenvalue weighted by Gasteiger charge is -2.16. The zero-order valence-electron chi connectivity index (χ0n) is 28.8. The van der Waals surface area contributed by atoms with Crippen LogP contribution in [0.3, 0.4) is 0 Å². The molecule has 0 spiro atoms. The summed E-state index contributed by atoms with van der Waals surface area (Å²) < 4.78 is 2.68. The Labute approximate surface area is 293 Å². The highest BCUT2D eigenvalue weighted by atomic mass is 16.1. The van der Waals surface area contributed by atoms with Crippen LogP contribution in [-0.2, 0) is 13.1 Å². The molecule has 0 fully saturated rings. The zero-order chi connectivity index (χ0) is 36.5. The summed E-state index contributed by atoms with van der Waals surface area (Å²) in [4.78, 5) is 66.5. The number of anilines is 4. The number of nitrogens with one attached hydrogen (secondary N) is 2. The monoisotopic (exact) mass is 684 g/mol. The van der Waals surface area contributed by atoms with Crippen molar-refractivity contribution in [3.8, 4) is 22.5 Å². The van der Waals surface area contributed by atoms with Crippen LogP contribution in [-0.4, -0.2) is 51.1 Å². The fourth-order valence-electron chi connectivity index (χ4n) is 5.22. The Morgan fingerprint density at radius 2 is 1.10 bits per heavy atom. The number of rotatable bonds is 10. The first-order chi connectivity index (χ1) is 24.6. The molecule has 0 radical (unpaired) electrons. The summed E-state index contributed by atoms with van der Waals surface area (Å²) in [6.45, 7) is 9.18. The maximum absolute atomic E-state index is 12.9. The Kier molecular flexibility index (Phi) is 11.3. The molecule has 258 valence electrons. The second-order valence-electron chi connectivity index (χ2n) is 11.2. The Bertz CT molecular complexity index is 2290. The van der Waals surface area contributed by atoms with Crippen molar-refractivity contribution < 1.29 is 9.59 Å². The molecular formula is C37H36N10O4. The average molecular weight is 685 g/mol. The highest BCUT2D eigenvalue weighted by molar-refractivity contribution is 6.06. The van der Waals surface area contributed by atoms with Crippen LogP contribution in [0.1, 0.15) is 54.0 Å². The quantitative estimate of drug-likeness (QED) is 0.170. The molecule has 0 aromatic carbocycles. The Balaban J connectivity index is 0.000000198. The minimum atomic E-state index is -0.352. The molecule has 0 unspecified atom stereocenters.